The number of carbonyl (C=O) groups is 1. The molecule has 2 aromatic carbocycles. The van der Waals surface area contributed by atoms with Crippen LogP contribution in [0.15, 0.2) is 42.5 Å². The molecule has 0 saturated carbocycles. The molecular weight excluding hydrogens is 355 g/mol. The molecule has 2 aromatic rings. The second-order valence-corrected chi connectivity index (χ2v) is 7.12. The number of nitrogens with zero attached hydrogens (tertiary/aromatic N) is 2. The minimum Gasteiger partial charge on any atom is -0.465 e. The number of rotatable bonds is 4. The fourth-order valence-electron chi connectivity index (χ4n) is 3.36. The Morgan fingerprint density at radius 3 is 2.38 bits per heavy atom. The molecule has 1 aliphatic heterocycles. The van der Waals surface area contributed by atoms with Gasteiger partial charge in [0.1, 0.15) is 5.82 Å². The van der Waals surface area contributed by atoms with Crippen LogP contribution in [0.2, 0.25) is 5.02 Å². The first kappa shape index (κ1) is 18.7. The summed E-state index contributed by atoms with van der Waals surface area (Å²) in [6.07, 6.45) is 0.783. The van der Waals surface area contributed by atoms with Crippen molar-refractivity contribution in [1.29, 1.82) is 0 Å². The van der Waals surface area contributed by atoms with Gasteiger partial charge in [-0.1, -0.05) is 35.9 Å². The number of hydrogen-bond donors (Lipinski definition) is 1. The average Bonchev–Trinajstić information content (AvgIpc) is 2.64. The summed E-state index contributed by atoms with van der Waals surface area (Å²) in [6.45, 7) is 2.43. The van der Waals surface area contributed by atoms with E-state index in [-0.39, 0.29) is 11.9 Å². The Balaban J connectivity index is 1.62. The standard InChI is InChI=1S/C20H22ClFN2O2/c1-23(20(25)26)18-8-10-24(11-9-18)13-16-3-2-15(12-19(16)21)14-4-6-17(22)7-5-14/h2-7,12,18H,8-11,13H2,1H3,(H,25,26). The lowest BCUT2D eigenvalue weighted by molar-refractivity contribution is 0.103. The Kier molecular flexibility index (Phi) is 5.79. The monoisotopic (exact) mass is 376 g/mol. The van der Waals surface area contributed by atoms with Crippen LogP contribution >= 0.6 is 11.6 Å². The minimum absolute atomic E-state index is 0.0834. The van der Waals surface area contributed by atoms with Crippen LogP contribution in [0.3, 0.4) is 0 Å². The topological polar surface area (TPSA) is 43.8 Å². The molecule has 0 atom stereocenters. The number of halogens is 2. The van der Waals surface area contributed by atoms with Gasteiger partial charge in [-0.15, -0.1) is 0 Å². The van der Waals surface area contributed by atoms with E-state index in [2.05, 4.69) is 4.90 Å². The summed E-state index contributed by atoms with van der Waals surface area (Å²) >= 11 is 6.46. The van der Waals surface area contributed by atoms with E-state index in [4.69, 9.17) is 16.7 Å². The van der Waals surface area contributed by atoms with Crippen molar-refractivity contribution < 1.29 is 14.3 Å². The van der Waals surface area contributed by atoms with Crippen molar-refractivity contribution in [2.45, 2.75) is 25.4 Å². The molecular formula is C20H22ClFN2O2. The number of likely N-dealkylation sites (tertiary alicyclic amines) is 1. The molecule has 0 spiro atoms. The highest BCUT2D eigenvalue weighted by Crippen LogP contribution is 2.27. The van der Waals surface area contributed by atoms with Gasteiger partial charge in [-0.3, -0.25) is 4.90 Å². The fraction of sp³-hybridized carbons (Fsp3) is 0.350. The zero-order valence-electron chi connectivity index (χ0n) is 14.7. The zero-order chi connectivity index (χ0) is 18.7. The molecule has 0 radical (unpaired) electrons. The molecule has 0 unspecified atom stereocenters. The first-order valence-electron chi connectivity index (χ1n) is 8.66. The molecule has 0 aromatic heterocycles. The lowest BCUT2D eigenvalue weighted by Crippen LogP contribution is -2.44. The summed E-state index contributed by atoms with van der Waals surface area (Å²) in [4.78, 5) is 14.8. The van der Waals surface area contributed by atoms with Crippen molar-refractivity contribution in [1.82, 2.24) is 9.80 Å². The smallest absolute Gasteiger partial charge is 0.407 e. The van der Waals surface area contributed by atoms with Crippen molar-refractivity contribution in [3.05, 3.63) is 58.9 Å². The van der Waals surface area contributed by atoms with Crippen LogP contribution < -0.4 is 0 Å². The summed E-state index contributed by atoms with van der Waals surface area (Å²) in [5.74, 6) is -0.256. The number of amides is 1. The van der Waals surface area contributed by atoms with Gasteiger partial charge >= 0.3 is 6.09 Å². The normalized spacial score (nSPS) is 15.8. The first-order chi connectivity index (χ1) is 12.4. The molecule has 1 aliphatic rings. The Bertz CT molecular complexity index is 774. The minimum atomic E-state index is -0.872. The van der Waals surface area contributed by atoms with Gasteiger partial charge in [0.05, 0.1) is 0 Å². The van der Waals surface area contributed by atoms with Crippen molar-refractivity contribution >= 4 is 17.7 Å². The van der Waals surface area contributed by atoms with Crippen LogP contribution in [0.5, 0.6) is 0 Å². The Morgan fingerprint density at radius 2 is 1.81 bits per heavy atom. The largest absolute Gasteiger partial charge is 0.465 e. The second kappa shape index (κ2) is 8.06. The first-order valence-corrected chi connectivity index (χ1v) is 9.04. The Morgan fingerprint density at radius 1 is 1.19 bits per heavy atom. The fourth-order valence-corrected chi connectivity index (χ4v) is 3.60. The predicted molar refractivity (Wildman–Crippen MR) is 101 cm³/mol. The lowest BCUT2D eigenvalue weighted by atomic mass is 10.0. The molecule has 0 bridgehead atoms. The maximum atomic E-state index is 13.1. The van der Waals surface area contributed by atoms with E-state index in [0.717, 1.165) is 49.2 Å². The van der Waals surface area contributed by atoms with Crippen LogP contribution in [0.25, 0.3) is 11.1 Å². The maximum Gasteiger partial charge on any atom is 0.407 e. The summed E-state index contributed by atoms with van der Waals surface area (Å²) < 4.78 is 13.1. The van der Waals surface area contributed by atoms with Crippen molar-refractivity contribution in [3.8, 4) is 11.1 Å². The molecule has 138 valence electrons. The summed E-state index contributed by atoms with van der Waals surface area (Å²) in [5.41, 5.74) is 2.93. The highest BCUT2D eigenvalue weighted by Gasteiger charge is 2.25. The highest BCUT2D eigenvalue weighted by atomic mass is 35.5. The molecule has 0 aliphatic carbocycles. The number of benzene rings is 2. The van der Waals surface area contributed by atoms with E-state index in [1.807, 2.05) is 18.2 Å². The molecule has 3 rings (SSSR count). The second-order valence-electron chi connectivity index (χ2n) is 6.71. The molecule has 1 saturated heterocycles. The van der Waals surface area contributed by atoms with Gasteiger partial charge in [0, 0.05) is 37.7 Å². The highest BCUT2D eigenvalue weighted by molar-refractivity contribution is 6.31. The molecule has 1 amide bonds. The number of carboxylic acid groups (broad SMARTS) is 1. The van der Waals surface area contributed by atoms with Gasteiger partial charge in [-0.25, -0.2) is 9.18 Å². The van der Waals surface area contributed by atoms with Crippen molar-refractivity contribution in [2.75, 3.05) is 20.1 Å². The quantitative estimate of drug-likeness (QED) is 0.839. The van der Waals surface area contributed by atoms with Crippen LogP contribution in [0, 0.1) is 5.82 Å². The zero-order valence-corrected chi connectivity index (χ0v) is 15.4. The maximum absolute atomic E-state index is 13.1. The summed E-state index contributed by atoms with van der Waals surface area (Å²) in [5, 5.41) is 9.77. The van der Waals surface area contributed by atoms with Crippen molar-refractivity contribution in [3.63, 3.8) is 0 Å². The molecule has 4 nitrogen and oxygen atoms in total. The molecule has 26 heavy (non-hydrogen) atoms. The van der Waals surface area contributed by atoms with Gasteiger partial charge in [0.2, 0.25) is 0 Å². The number of piperidine rings is 1. The Labute approximate surface area is 157 Å². The third-order valence-corrected chi connectivity index (χ3v) is 5.38. The predicted octanol–water partition coefficient (Wildman–Crippen LogP) is 4.72. The molecule has 6 heteroatoms. The van der Waals surface area contributed by atoms with Crippen LogP contribution in [-0.2, 0) is 6.54 Å². The van der Waals surface area contributed by atoms with E-state index >= 15 is 0 Å². The van der Waals surface area contributed by atoms with E-state index in [1.165, 1.54) is 17.0 Å². The van der Waals surface area contributed by atoms with E-state index in [1.54, 1.807) is 19.2 Å². The molecule has 1 fully saturated rings. The number of hydrogen-bond acceptors (Lipinski definition) is 2. The Hall–Kier alpha value is -2.11. The van der Waals surface area contributed by atoms with Crippen LogP contribution in [0.1, 0.15) is 18.4 Å². The summed E-state index contributed by atoms with van der Waals surface area (Å²) in [7, 11) is 1.63. The molecule has 1 N–H and O–H groups in total. The van der Waals surface area contributed by atoms with Crippen LogP contribution in [0.4, 0.5) is 9.18 Å². The van der Waals surface area contributed by atoms with Crippen LogP contribution in [-0.4, -0.2) is 47.2 Å². The third-order valence-electron chi connectivity index (χ3n) is 5.03. The molecule has 1 heterocycles. The summed E-state index contributed by atoms with van der Waals surface area (Å²) in [6, 6.07) is 12.4. The van der Waals surface area contributed by atoms with E-state index in [9.17, 15) is 9.18 Å². The van der Waals surface area contributed by atoms with Gasteiger partial charge in [0.15, 0.2) is 0 Å². The van der Waals surface area contributed by atoms with E-state index < -0.39 is 6.09 Å². The van der Waals surface area contributed by atoms with Gasteiger partial charge in [-0.2, -0.15) is 0 Å². The average molecular weight is 377 g/mol. The lowest BCUT2D eigenvalue weighted by Gasteiger charge is -2.35. The van der Waals surface area contributed by atoms with Crippen molar-refractivity contribution in [2.24, 2.45) is 0 Å². The SMILES string of the molecule is CN(C(=O)O)C1CCN(Cc2ccc(-c3ccc(F)cc3)cc2Cl)CC1. The van der Waals surface area contributed by atoms with Gasteiger partial charge in [0.25, 0.3) is 0 Å². The third kappa shape index (κ3) is 4.34. The van der Waals surface area contributed by atoms with Gasteiger partial charge < -0.3 is 10.0 Å². The van der Waals surface area contributed by atoms with E-state index in [0.29, 0.717) is 5.02 Å². The van der Waals surface area contributed by atoms with Gasteiger partial charge in [-0.05, 0) is 47.7 Å².